The summed E-state index contributed by atoms with van der Waals surface area (Å²) in [5.41, 5.74) is 0. The highest BCUT2D eigenvalue weighted by molar-refractivity contribution is 6.92. The fourth-order valence-electron chi connectivity index (χ4n) is 3.11. The van der Waals surface area contributed by atoms with Gasteiger partial charge in [-0.3, -0.25) is 4.70 Å². The molecule has 0 bridgehead atoms. The molecule has 2 fully saturated rings. The molecule has 88 valence electrons. The van der Waals surface area contributed by atoms with E-state index in [2.05, 4.69) is 6.92 Å². The maximum atomic E-state index is 2.44. The first kappa shape index (κ1) is 16.7. The van der Waals surface area contributed by atoms with Crippen LogP contribution in [0.5, 0.6) is 0 Å². The highest BCUT2D eigenvalue weighted by Crippen LogP contribution is 2.42. The van der Waals surface area contributed by atoms with Crippen LogP contribution in [-0.2, 0) is 0 Å². The van der Waals surface area contributed by atoms with Gasteiger partial charge in [0.1, 0.15) is 0 Å². The first-order valence-corrected chi connectivity index (χ1v) is 5.36. The largest absolute Gasteiger partial charge is 0.344 e. The van der Waals surface area contributed by atoms with Crippen molar-refractivity contribution in [1.29, 1.82) is 0 Å². The van der Waals surface area contributed by atoms with Gasteiger partial charge in [-0.2, -0.15) is 9.90 Å². The van der Waals surface area contributed by atoms with Crippen LogP contribution in [0, 0.1) is 17.8 Å². The van der Waals surface area contributed by atoms with E-state index < -0.39 is 0 Å². The quantitative estimate of drug-likeness (QED) is 0.619. The van der Waals surface area contributed by atoms with Gasteiger partial charge < -0.3 is 6.15 Å². The summed E-state index contributed by atoms with van der Waals surface area (Å²) in [6, 6.07) is 0. The monoisotopic (exact) mass is 223 g/mol. The molecule has 0 saturated heterocycles. The smallest absolute Gasteiger partial charge is 0.0383 e. The third-order valence-electron chi connectivity index (χ3n) is 3.80. The normalized spacial score (nSPS) is 35.4. The Balaban J connectivity index is 0. The van der Waals surface area contributed by atoms with Crippen LogP contribution in [0.4, 0.5) is 4.70 Å². The summed E-state index contributed by atoms with van der Waals surface area (Å²) < 4.78 is 0. The van der Waals surface area contributed by atoms with Crippen LogP contribution in [0.15, 0.2) is 0 Å². The Hall–Kier alpha value is 0.320. The average molecular weight is 223 g/mol. The second-order valence-electron chi connectivity index (χ2n) is 4.72. The highest BCUT2D eigenvalue weighted by Gasteiger charge is 2.29. The van der Waals surface area contributed by atoms with E-state index in [9.17, 15) is 0 Å². The van der Waals surface area contributed by atoms with Crippen molar-refractivity contribution in [2.45, 2.75) is 51.9 Å². The number of hydrogen-bond donors (Lipinski definition) is 1. The van der Waals surface area contributed by atoms with Gasteiger partial charge in [-0.25, -0.2) is 0 Å². The zero-order valence-electron chi connectivity index (χ0n) is 9.50. The second-order valence-corrected chi connectivity index (χ2v) is 4.72. The average Bonchev–Trinajstić information content (AvgIpc) is 2.04. The molecule has 2 aliphatic rings. The predicted octanol–water partition coefficient (Wildman–Crippen LogP) is 3.99. The molecule has 0 aliphatic heterocycles. The van der Waals surface area contributed by atoms with E-state index in [1.54, 1.807) is 25.7 Å². The maximum absolute atomic E-state index is 2.44. The molecule has 0 spiro atoms. The Bertz CT molecular complexity index is 143. The minimum Gasteiger partial charge on any atom is -0.344 e. The van der Waals surface area contributed by atoms with Crippen LogP contribution in [0.3, 0.4) is 0 Å². The molecule has 0 radical (unpaired) electrons. The van der Waals surface area contributed by atoms with Crippen LogP contribution >= 0.6 is 9.90 Å². The van der Waals surface area contributed by atoms with E-state index in [0.29, 0.717) is 0 Å². The first-order valence-electron chi connectivity index (χ1n) is 5.36. The lowest BCUT2D eigenvalue weighted by Crippen LogP contribution is -2.26. The molecule has 0 aromatic carbocycles. The minimum atomic E-state index is 0. The van der Waals surface area contributed by atoms with Crippen molar-refractivity contribution in [2.24, 2.45) is 17.8 Å². The van der Waals surface area contributed by atoms with Crippen molar-refractivity contribution < 1.29 is 4.70 Å². The van der Waals surface area contributed by atoms with E-state index in [0.717, 1.165) is 17.8 Å². The van der Waals surface area contributed by atoms with Crippen molar-refractivity contribution in [3.63, 3.8) is 0 Å². The summed E-state index contributed by atoms with van der Waals surface area (Å²) >= 11 is 0. The fraction of sp³-hybridized carbons (Fsp3) is 1.00. The fourth-order valence-corrected chi connectivity index (χ4v) is 3.11. The van der Waals surface area contributed by atoms with Crippen LogP contribution in [-0.4, -0.2) is 0 Å². The Morgan fingerprint density at radius 3 is 2.07 bits per heavy atom. The van der Waals surface area contributed by atoms with Gasteiger partial charge in [0.15, 0.2) is 0 Å². The lowest BCUT2D eigenvalue weighted by molar-refractivity contribution is 0.137. The molecule has 0 aromatic rings. The molecule has 2 aliphatic carbocycles. The van der Waals surface area contributed by atoms with Gasteiger partial charge in [-0.05, 0) is 30.6 Å². The Morgan fingerprint density at radius 2 is 1.43 bits per heavy atom. The van der Waals surface area contributed by atoms with Gasteiger partial charge in [0.05, 0.1) is 0 Å². The molecular formula is C11H27FNP. The van der Waals surface area contributed by atoms with E-state index in [4.69, 9.17) is 0 Å². The van der Waals surface area contributed by atoms with Gasteiger partial charge in [0, 0.05) is 0 Å². The SMILES string of the molecule is CC1CCC2CCCCC2C1.F.N.P. The molecule has 2 saturated carbocycles. The lowest BCUT2D eigenvalue weighted by atomic mass is 9.68. The van der Waals surface area contributed by atoms with Crippen molar-refractivity contribution >= 4 is 9.90 Å². The second kappa shape index (κ2) is 7.59. The summed E-state index contributed by atoms with van der Waals surface area (Å²) in [5, 5.41) is 0. The van der Waals surface area contributed by atoms with E-state index in [1.165, 1.54) is 19.3 Å². The topological polar surface area (TPSA) is 35.0 Å². The molecule has 0 amide bonds. The van der Waals surface area contributed by atoms with Gasteiger partial charge in [0.2, 0.25) is 0 Å². The lowest BCUT2D eigenvalue weighted by Gasteiger charge is -2.38. The molecular weight excluding hydrogens is 196 g/mol. The molecule has 4 atom stereocenters. The van der Waals surface area contributed by atoms with Crippen LogP contribution in [0.25, 0.3) is 0 Å². The number of rotatable bonds is 0. The molecule has 1 nitrogen and oxygen atoms in total. The van der Waals surface area contributed by atoms with Gasteiger partial charge in [-0.15, -0.1) is 0 Å². The summed E-state index contributed by atoms with van der Waals surface area (Å²) in [4.78, 5) is 0. The van der Waals surface area contributed by atoms with Crippen LogP contribution in [0.1, 0.15) is 51.9 Å². The molecule has 14 heavy (non-hydrogen) atoms. The summed E-state index contributed by atoms with van der Waals surface area (Å²) in [5.74, 6) is 3.31. The first-order chi connectivity index (χ1) is 5.36. The molecule has 3 N–H and O–H groups in total. The summed E-state index contributed by atoms with van der Waals surface area (Å²) in [6.07, 6.45) is 10.8. The van der Waals surface area contributed by atoms with E-state index >= 15 is 0 Å². The maximum Gasteiger partial charge on any atom is -0.0383 e. The van der Waals surface area contributed by atoms with E-state index in [1.807, 2.05) is 0 Å². The Kier molecular flexibility index (Phi) is 9.08. The van der Waals surface area contributed by atoms with Crippen LogP contribution in [0.2, 0.25) is 0 Å². The predicted molar refractivity (Wildman–Crippen MR) is 67.1 cm³/mol. The number of halogens is 1. The molecule has 0 aromatic heterocycles. The number of fused-ring (bicyclic) bond motifs is 1. The number of hydrogen-bond acceptors (Lipinski definition) is 1. The summed E-state index contributed by atoms with van der Waals surface area (Å²) in [7, 11) is 0. The minimum absolute atomic E-state index is 0. The highest BCUT2D eigenvalue weighted by atomic mass is 31.0. The van der Waals surface area contributed by atoms with Crippen molar-refractivity contribution in [3.8, 4) is 0 Å². The van der Waals surface area contributed by atoms with Crippen molar-refractivity contribution in [1.82, 2.24) is 6.15 Å². The third kappa shape index (κ3) is 3.82. The zero-order valence-corrected chi connectivity index (χ0v) is 10.9. The zero-order chi connectivity index (χ0) is 7.68. The Labute approximate surface area is 91.0 Å². The molecule has 2 rings (SSSR count). The standard InChI is InChI=1S/C11H20.FH.H3N.H3P/c1-9-6-7-10-4-2-3-5-11(10)8-9;;;/h9-11H,2-8H2,1H3;1H;2*1H3. The molecule has 3 heteroatoms. The van der Waals surface area contributed by atoms with Crippen LogP contribution < -0.4 is 6.15 Å². The third-order valence-corrected chi connectivity index (χ3v) is 3.80. The van der Waals surface area contributed by atoms with E-state index in [-0.39, 0.29) is 20.8 Å². The Morgan fingerprint density at radius 1 is 0.857 bits per heavy atom. The van der Waals surface area contributed by atoms with Gasteiger partial charge in [-0.1, -0.05) is 39.0 Å². The summed E-state index contributed by atoms with van der Waals surface area (Å²) in [6.45, 7) is 2.44. The molecule has 4 unspecified atom stereocenters. The molecule has 0 heterocycles. The van der Waals surface area contributed by atoms with Gasteiger partial charge in [0.25, 0.3) is 0 Å². The van der Waals surface area contributed by atoms with Gasteiger partial charge >= 0.3 is 0 Å². The van der Waals surface area contributed by atoms with Crippen molar-refractivity contribution in [2.75, 3.05) is 0 Å². The van der Waals surface area contributed by atoms with Crippen molar-refractivity contribution in [3.05, 3.63) is 0 Å².